The molecule has 3 saturated heterocycles. The number of hydrogen-bond donors (Lipinski definition) is 3. The van der Waals surface area contributed by atoms with Crippen LogP contribution in [0.1, 0.15) is 116 Å². The molecule has 0 bridgehead atoms. The summed E-state index contributed by atoms with van der Waals surface area (Å²) < 4.78 is 17.1. The molecule has 50 heavy (non-hydrogen) atoms. The molecule has 3 fully saturated rings. The summed E-state index contributed by atoms with van der Waals surface area (Å²) in [7, 11) is 0. The van der Waals surface area contributed by atoms with E-state index in [2.05, 4.69) is 121 Å². The fraction of sp³-hybridized carbons (Fsp3) is 0.619. The summed E-state index contributed by atoms with van der Waals surface area (Å²) in [6.07, 6.45) is 5.54. The van der Waals surface area contributed by atoms with Crippen molar-refractivity contribution in [2.45, 2.75) is 141 Å². The monoisotopic (exact) mass is 683 g/mol. The first-order valence-electron chi connectivity index (χ1n) is 19.0. The van der Waals surface area contributed by atoms with Gasteiger partial charge in [-0.15, -0.1) is 0 Å². The fourth-order valence-corrected chi connectivity index (χ4v) is 7.48. The first-order valence-corrected chi connectivity index (χ1v) is 19.0. The highest BCUT2D eigenvalue weighted by molar-refractivity contribution is 5.67. The topological polar surface area (TPSA) is 89.6 Å². The third kappa shape index (κ3) is 9.17. The van der Waals surface area contributed by atoms with E-state index in [0.29, 0.717) is 37.3 Å². The lowest BCUT2D eigenvalue weighted by Gasteiger charge is -2.32. The second kappa shape index (κ2) is 15.2. The van der Waals surface area contributed by atoms with Crippen LogP contribution in [0, 0.1) is 0 Å². The quantitative estimate of drug-likeness (QED) is 0.185. The molecule has 0 saturated carbocycles. The van der Waals surface area contributed by atoms with E-state index in [0.717, 1.165) is 73.9 Å². The Kier molecular flexibility index (Phi) is 11.1. The number of anilines is 3. The van der Waals surface area contributed by atoms with Crippen molar-refractivity contribution < 1.29 is 14.2 Å². The lowest BCUT2D eigenvalue weighted by Crippen LogP contribution is -2.40. The van der Waals surface area contributed by atoms with E-state index in [1.807, 2.05) is 0 Å². The van der Waals surface area contributed by atoms with Crippen molar-refractivity contribution in [2.24, 2.45) is 0 Å². The maximum Gasteiger partial charge on any atom is 0.161 e. The highest BCUT2D eigenvalue weighted by Crippen LogP contribution is 2.37. The van der Waals surface area contributed by atoms with Crippen LogP contribution >= 0.6 is 0 Å². The van der Waals surface area contributed by atoms with Gasteiger partial charge in [0.05, 0.1) is 37.2 Å². The van der Waals surface area contributed by atoms with Gasteiger partial charge in [-0.2, -0.15) is 0 Å². The fourth-order valence-electron chi connectivity index (χ4n) is 7.48. The Labute approximate surface area is 300 Å². The Morgan fingerprint density at radius 1 is 0.760 bits per heavy atom. The Hall–Kier alpha value is -3.20. The van der Waals surface area contributed by atoms with Crippen LogP contribution in [0.2, 0.25) is 0 Å². The van der Waals surface area contributed by atoms with Crippen LogP contribution in [0.3, 0.4) is 0 Å². The normalized spacial score (nSPS) is 23.4. The van der Waals surface area contributed by atoms with E-state index in [9.17, 15) is 0 Å². The summed E-state index contributed by atoms with van der Waals surface area (Å²) in [4.78, 5) is 10.3. The summed E-state index contributed by atoms with van der Waals surface area (Å²) in [6, 6.07) is 17.1. The number of rotatable bonds is 11. The van der Waals surface area contributed by atoms with Crippen molar-refractivity contribution in [3.8, 4) is 11.4 Å². The Bertz CT molecular complexity index is 1610. The highest BCUT2D eigenvalue weighted by atomic mass is 16.5. The van der Waals surface area contributed by atoms with Gasteiger partial charge in [0.15, 0.2) is 5.82 Å². The zero-order valence-corrected chi connectivity index (χ0v) is 32.0. The molecule has 8 heteroatoms. The Morgan fingerprint density at radius 2 is 1.42 bits per heavy atom. The average molecular weight is 684 g/mol. The molecule has 0 radical (unpaired) electrons. The van der Waals surface area contributed by atoms with Crippen LogP contribution in [0.4, 0.5) is 17.2 Å². The number of nitrogens with one attached hydrogen (secondary N) is 3. The second-order valence-corrected chi connectivity index (χ2v) is 17.1. The van der Waals surface area contributed by atoms with Gasteiger partial charge in [0.1, 0.15) is 5.82 Å². The van der Waals surface area contributed by atoms with E-state index in [-0.39, 0.29) is 23.0 Å². The van der Waals surface area contributed by atoms with Crippen LogP contribution in [-0.4, -0.2) is 66.7 Å². The minimum absolute atomic E-state index is 0.127. The van der Waals surface area contributed by atoms with Gasteiger partial charge in [0.25, 0.3) is 0 Å². The lowest BCUT2D eigenvalue weighted by molar-refractivity contribution is 0.0209. The molecule has 4 heterocycles. The minimum atomic E-state index is -0.157. The van der Waals surface area contributed by atoms with Crippen molar-refractivity contribution in [1.29, 1.82) is 0 Å². The van der Waals surface area contributed by atoms with Crippen molar-refractivity contribution in [3.05, 3.63) is 64.8 Å². The van der Waals surface area contributed by atoms with Gasteiger partial charge in [-0.05, 0) is 104 Å². The molecule has 4 atom stereocenters. The molecule has 3 aliphatic rings. The van der Waals surface area contributed by atoms with Gasteiger partial charge < -0.3 is 30.2 Å². The van der Waals surface area contributed by atoms with E-state index in [1.54, 1.807) is 0 Å². The molecule has 8 nitrogen and oxygen atoms in total. The number of aromatic nitrogens is 2. The number of hydrogen-bond acceptors (Lipinski definition) is 8. The van der Waals surface area contributed by atoms with Crippen LogP contribution in [0.25, 0.3) is 11.4 Å². The number of nitrogens with zero attached hydrogens (tertiary/aromatic N) is 2. The van der Waals surface area contributed by atoms with Gasteiger partial charge in [-0.1, -0.05) is 54.5 Å². The summed E-state index contributed by atoms with van der Waals surface area (Å²) in [5.41, 5.74) is 8.18. The van der Waals surface area contributed by atoms with Gasteiger partial charge in [-0.3, -0.25) is 0 Å². The molecule has 3 aromatic rings. The maximum absolute atomic E-state index is 5.89. The van der Waals surface area contributed by atoms with E-state index >= 15 is 0 Å². The van der Waals surface area contributed by atoms with Gasteiger partial charge in [0, 0.05) is 53.7 Å². The maximum atomic E-state index is 5.89. The van der Waals surface area contributed by atoms with Crippen LogP contribution in [0.15, 0.2) is 42.5 Å². The predicted octanol–water partition coefficient (Wildman–Crippen LogP) is 8.85. The molecule has 0 spiro atoms. The zero-order valence-electron chi connectivity index (χ0n) is 32.0. The van der Waals surface area contributed by atoms with Gasteiger partial charge >= 0.3 is 0 Å². The largest absolute Gasteiger partial charge is 0.382 e. The molecule has 0 aliphatic carbocycles. The zero-order chi connectivity index (χ0) is 35.6. The summed E-state index contributed by atoms with van der Waals surface area (Å²) >= 11 is 0. The standard InChI is InChI=1S/C42H61N5O3/c1-26(2)37-21-32(43-33-12-14-49-27(3)16-33)11-10-29(37)23-42(8,9)31-18-30(19-35(20-31)44-34-13-15-50-28(4)17-34)40-46-38(41(5,6)7)22-39(47-40)45-36-24-48-25-36/h10-11,18-22,26-28,33-34,36,43-44H,12-17,23-25H2,1-9H3,(H,45,46,47)/t27-,28+,33?,34?/m1/s1. The molecule has 6 rings (SSSR count). The summed E-state index contributed by atoms with van der Waals surface area (Å²) in [6.45, 7) is 23.4. The van der Waals surface area contributed by atoms with E-state index < -0.39 is 0 Å². The molecule has 3 aliphatic heterocycles. The highest BCUT2D eigenvalue weighted by Gasteiger charge is 2.28. The summed E-state index contributed by atoms with van der Waals surface area (Å²) in [5, 5.41) is 11.3. The molecule has 2 unspecified atom stereocenters. The van der Waals surface area contributed by atoms with Crippen molar-refractivity contribution in [2.75, 3.05) is 42.4 Å². The molecule has 3 N–H and O–H groups in total. The lowest BCUT2D eigenvalue weighted by atomic mass is 9.76. The number of ether oxygens (including phenoxy) is 3. The van der Waals surface area contributed by atoms with Gasteiger partial charge in [-0.25, -0.2) is 9.97 Å². The molecule has 1 aromatic heterocycles. The van der Waals surface area contributed by atoms with Gasteiger partial charge in [0.2, 0.25) is 0 Å². The number of benzene rings is 2. The van der Waals surface area contributed by atoms with Crippen LogP contribution in [-0.2, 0) is 31.5 Å². The molecular formula is C42H61N5O3. The predicted molar refractivity (Wildman–Crippen MR) is 206 cm³/mol. The third-order valence-electron chi connectivity index (χ3n) is 10.6. The van der Waals surface area contributed by atoms with Crippen LogP contribution < -0.4 is 16.0 Å². The van der Waals surface area contributed by atoms with Crippen LogP contribution in [0.5, 0.6) is 0 Å². The average Bonchev–Trinajstić information content (AvgIpc) is 3.03. The molecule has 0 amide bonds. The second-order valence-electron chi connectivity index (χ2n) is 17.1. The Balaban J connectivity index is 1.35. The summed E-state index contributed by atoms with van der Waals surface area (Å²) in [5.74, 6) is 2.02. The molecule has 272 valence electrons. The third-order valence-corrected chi connectivity index (χ3v) is 10.6. The van der Waals surface area contributed by atoms with E-state index in [4.69, 9.17) is 24.2 Å². The van der Waals surface area contributed by atoms with Crippen molar-refractivity contribution in [1.82, 2.24) is 9.97 Å². The van der Waals surface area contributed by atoms with E-state index in [1.165, 1.54) is 22.4 Å². The molecular weight excluding hydrogens is 622 g/mol. The first kappa shape index (κ1) is 36.6. The minimum Gasteiger partial charge on any atom is -0.382 e. The molecule has 2 aromatic carbocycles. The van der Waals surface area contributed by atoms with Crippen molar-refractivity contribution in [3.63, 3.8) is 0 Å². The Morgan fingerprint density at radius 3 is 2.00 bits per heavy atom. The first-order chi connectivity index (χ1) is 23.7. The SMILES string of the molecule is CC(C)c1cc(NC2CCO[C@H](C)C2)ccc1CC(C)(C)c1cc(NC2CCO[C@@H](C)C2)cc(-c2nc(NC3COC3)cc(C(C)(C)C)n2)c1. The smallest absolute Gasteiger partial charge is 0.161 e. The van der Waals surface area contributed by atoms with Crippen molar-refractivity contribution >= 4 is 17.2 Å².